The third kappa shape index (κ3) is 4.26. The highest BCUT2D eigenvalue weighted by molar-refractivity contribution is 6.30. The van der Waals surface area contributed by atoms with Crippen molar-refractivity contribution in [2.24, 2.45) is 0 Å². The Labute approximate surface area is 103 Å². The molecule has 0 aromatic heterocycles. The van der Waals surface area contributed by atoms with E-state index in [4.69, 9.17) is 18.0 Å². The molecule has 0 aliphatic rings. The van der Waals surface area contributed by atoms with Crippen LogP contribution in [-0.4, -0.2) is 6.54 Å². The fraction of sp³-hybridized carbons (Fsp3) is 0.429. The normalized spacial score (nSPS) is 12.1. The van der Waals surface area contributed by atoms with Gasteiger partial charge in [0, 0.05) is 17.5 Å². The standard InChI is InChI=1S/C14H18ClN/c1-3-5-6-14(16-11-4-2)12-7-9-13(15)10-8-12/h1,7-10,14,16H,4-6,11H2,2H3. The summed E-state index contributed by atoms with van der Waals surface area (Å²) in [4.78, 5) is 0. The summed E-state index contributed by atoms with van der Waals surface area (Å²) >= 11 is 5.87. The van der Waals surface area contributed by atoms with Gasteiger partial charge in [-0.2, -0.15) is 0 Å². The summed E-state index contributed by atoms with van der Waals surface area (Å²) in [6.45, 7) is 3.17. The van der Waals surface area contributed by atoms with Crippen LogP contribution in [0.3, 0.4) is 0 Å². The fourth-order valence-corrected chi connectivity index (χ4v) is 1.75. The van der Waals surface area contributed by atoms with Gasteiger partial charge in [-0.05, 0) is 37.1 Å². The van der Waals surface area contributed by atoms with Gasteiger partial charge in [-0.15, -0.1) is 12.3 Å². The highest BCUT2D eigenvalue weighted by atomic mass is 35.5. The summed E-state index contributed by atoms with van der Waals surface area (Å²) in [6, 6.07) is 8.31. The largest absolute Gasteiger partial charge is 0.310 e. The molecule has 1 aromatic carbocycles. The van der Waals surface area contributed by atoms with Crippen molar-refractivity contribution in [1.82, 2.24) is 5.32 Å². The number of benzene rings is 1. The number of nitrogens with one attached hydrogen (secondary N) is 1. The molecule has 1 unspecified atom stereocenters. The van der Waals surface area contributed by atoms with Crippen LogP contribution in [-0.2, 0) is 0 Å². The monoisotopic (exact) mass is 235 g/mol. The van der Waals surface area contributed by atoms with E-state index in [0.29, 0.717) is 6.04 Å². The molecular formula is C14H18ClN. The van der Waals surface area contributed by atoms with E-state index in [9.17, 15) is 0 Å². The lowest BCUT2D eigenvalue weighted by atomic mass is 10.0. The van der Waals surface area contributed by atoms with Gasteiger partial charge in [0.15, 0.2) is 0 Å². The van der Waals surface area contributed by atoms with Gasteiger partial charge in [0.1, 0.15) is 0 Å². The second-order valence-corrected chi connectivity index (χ2v) is 4.24. The first-order valence-corrected chi connectivity index (χ1v) is 6.08. The summed E-state index contributed by atoms with van der Waals surface area (Å²) in [5.74, 6) is 2.69. The molecule has 0 amide bonds. The average molecular weight is 236 g/mol. The molecule has 1 atom stereocenters. The molecule has 0 aliphatic heterocycles. The zero-order valence-corrected chi connectivity index (χ0v) is 10.4. The maximum atomic E-state index is 5.87. The fourth-order valence-electron chi connectivity index (χ4n) is 1.63. The molecule has 1 aromatic rings. The van der Waals surface area contributed by atoms with E-state index in [-0.39, 0.29) is 0 Å². The Morgan fingerprint density at radius 1 is 1.38 bits per heavy atom. The molecule has 0 heterocycles. The van der Waals surface area contributed by atoms with Gasteiger partial charge in [-0.1, -0.05) is 30.7 Å². The van der Waals surface area contributed by atoms with Crippen LogP contribution >= 0.6 is 11.6 Å². The summed E-state index contributed by atoms with van der Waals surface area (Å²) in [7, 11) is 0. The minimum Gasteiger partial charge on any atom is -0.310 e. The van der Waals surface area contributed by atoms with E-state index in [1.54, 1.807) is 0 Å². The SMILES string of the molecule is C#CCCC(NCCC)c1ccc(Cl)cc1. The van der Waals surface area contributed by atoms with E-state index in [2.05, 4.69) is 30.3 Å². The van der Waals surface area contributed by atoms with Gasteiger partial charge in [0.05, 0.1) is 0 Å². The number of halogens is 1. The Morgan fingerprint density at radius 2 is 2.06 bits per heavy atom. The summed E-state index contributed by atoms with van der Waals surface area (Å²) in [5, 5.41) is 4.27. The molecule has 0 fully saturated rings. The second kappa shape index (κ2) is 7.33. The van der Waals surface area contributed by atoms with Gasteiger partial charge in [-0.25, -0.2) is 0 Å². The molecule has 1 rings (SSSR count). The maximum Gasteiger partial charge on any atom is 0.0406 e. The third-order valence-corrected chi connectivity index (χ3v) is 2.74. The summed E-state index contributed by atoms with van der Waals surface area (Å²) in [5.41, 5.74) is 1.26. The van der Waals surface area contributed by atoms with Crippen LogP contribution in [0.15, 0.2) is 24.3 Å². The lowest BCUT2D eigenvalue weighted by Gasteiger charge is -2.18. The Kier molecular flexibility index (Phi) is 6.00. The number of terminal acetylenes is 1. The third-order valence-electron chi connectivity index (χ3n) is 2.49. The lowest BCUT2D eigenvalue weighted by molar-refractivity contribution is 0.505. The smallest absolute Gasteiger partial charge is 0.0406 e. The molecule has 1 N–H and O–H groups in total. The van der Waals surface area contributed by atoms with Crippen LogP contribution in [0, 0.1) is 12.3 Å². The number of hydrogen-bond donors (Lipinski definition) is 1. The van der Waals surface area contributed by atoms with Crippen molar-refractivity contribution in [3.05, 3.63) is 34.9 Å². The van der Waals surface area contributed by atoms with E-state index in [0.717, 1.165) is 30.8 Å². The van der Waals surface area contributed by atoms with Gasteiger partial charge in [0.25, 0.3) is 0 Å². The molecule has 2 heteroatoms. The molecule has 0 radical (unpaired) electrons. The molecule has 0 spiro atoms. The molecular weight excluding hydrogens is 218 g/mol. The highest BCUT2D eigenvalue weighted by Crippen LogP contribution is 2.20. The van der Waals surface area contributed by atoms with E-state index < -0.39 is 0 Å². The van der Waals surface area contributed by atoms with Gasteiger partial charge in [-0.3, -0.25) is 0 Å². The summed E-state index contributed by atoms with van der Waals surface area (Å²) in [6.07, 6.45) is 8.20. The highest BCUT2D eigenvalue weighted by Gasteiger charge is 2.09. The Morgan fingerprint density at radius 3 is 2.62 bits per heavy atom. The van der Waals surface area contributed by atoms with Crippen LogP contribution in [0.25, 0.3) is 0 Å². The van der Waals surface area contributed by atoms with Crippen molar-refractivity contribution in [2.45, 2.75) is 32.2 Å². The maximum absolute atomic E-state index is 5.87. The van der Waals surface area contributed by atoms with Crippen molar-refractivity contribution < 1.29 is 0 Å². The van der Waals surface area contributed by atoms with Crippen molar-refractivity contribution in [3.63, 3.8) is 0 Å². The lowest BCUT2D eigenvalue weighted by Crippen LogP contribution is -2.21. The zero-order valence-electron chi connectivity index (χ0n) is 9.67. The molecule has 86 valence electrons. The van der Waals surface area contributed by atoms with Crippen LogP contribution in [0.2, 0.25) is 5.02 Å². The minimum atomic E-state index is 0.341. The number of rotatable bonds is 6. The van der Waals surface area contributed by atoms with Gasteiger partial charge >= 0.3 is 0 Å². The van der Waals surface area contributed by atoms with Crippen LogP contribution in [0.4, 0.5) is 0 Å². The Bertz CT molecular complexity index is 337. The second-order valence-electron chi connectivity index (χ2n) is 3.80. The predicted octanol–water partition coefficient (Wildman–Crippen LogP) is 3.79. The molecule has 0 saturated carbocycles. The quantitative estimate of drug-likeness (QED) is 0.740. The number of hydrogen-bond acceptors (Lipinski definition) is 1. The van der Waals surface area contributed by atoms with Crippen molar-refractivity contribution >= 4 is 11.6 Å². The first kappa shape index (κ1) is 13.1. The van der Waals surface area contributed by atoms with Crippen molar-refractivity contribution in [1.29, 1.82) is 0 Å². The predicted molar refractivity (Wildman–Crippen MR) is 70.6 cm³/mol. The van der Waals surface area contributed by atoms with E-state index in [1.807, 2.05) is 12.1 Å². The average Bonchev–Trinajstić information content (AvgIpc) is 2.31. The van der Waals surface area contributed by atoms with E-state index >= 15 is 0 Å². The molecule has 16 heavy (non-hydrogen) atoms. The zero-order chi connectivity index (χ0) is 11.8. The molecule has 0 saturated heterocycles. The topological polar surface area (TPSA) is 12.0 Å². The Hall–Kier alpha value is -0.970. The van der Waals surface area contributed by atoms with E-state index in [1.165, 1.54) is 5.56 Å². The van der Waals surface area contributed by atoms with Gasteiger partial charge in [0.2, 0.25) is 0 Å². The minimum absolute atomic E-state index is 0.341. The van der Waals surface area contributed by atoms with Gasteiger partial charge < -0.3 is 5.32 Å². The Balaban J connectivity index is 2.67. The van der Waals surface area contributed by atoms with Crippen LogP contribution < -0.4 is 5.32 Å². The molecule has 0 aliphatic carbocycles. The van der Waals surface area contributed by atoms with Crippen molar-refractivity contribution in [3.8, 4) is 12.3 Å². The first-order valence-electron chi connectivity index (χ1n) is 5.70. The first-order chi connectivity index (χ1) is 7.77. The summed E-state index contributed by atoms with van der Waals surface area (Å²) < 4.78 is 0. The van der Waals surface area contributed by atoms with Crippen molar-refractivity contribution in [2.75, 3.05) is 6.54 Å². The van der Waals surface area contributed by atoms with Crippen LogP contribution in [0.1, 0.15) is 37.8 Å². The molecule has 0 bridgehead atoms. The molecule has 1 nitrogen and oxygen atoms in total. The van der Waals surface area contributed by atoms with Crippen LogP contribution in [0.5, 0.6) is 0 Å².